The zero-order chi connectivity index (χ0) is 9.36. The summed E-state index contributed by atoms with van der Waals surface area (Å²) in [6.07, 6.45) is 9.12. The molecule has 2 nitrogen and oxygen atoms in total. The van der Waals surface area contributed by atoms with Crippen molar-refractivity contribution in [1.82, 2.24) is 0 Å². The minimum atomic E-state index is -0.298. The maximum atomic E-state index is 5.61. The Balaban J connectivity index is 2.00. The number of terminal acetylenes is 1. The van der Waals surface area contributed by atoms with Gasteiger partial charge in [0, 0.05) is 12.8 Å². The summed E-state index contributed by atoms with van der Waals surface area (Å²) in [5.41, 5.74) is 0. The molecule has 0 bridgehead atoms. The van der Waals surface area contributed by atoms with Crippen LogP contribution in [0.15, 0.2) is 0 Å². The Morgan fingerprint density at radius 2 is 1.62 bits per heavy atom. The monoisotopic (exact) mass is 244 g/mol. The molecule has 1 saturated carbocycles. The van der Waals surface area contributed by atoms with Gasteiger partial charge in [0.25, 0.3) is 0 Å². The Labute approximate surface area is 87.1 Å². The predicted molar refractivity (Wildman–Crippen MR) is 53.6 cm³/mol. The molecule has 2 aliphatic rings. The van der Waals surface area contributed by atoms with Crippen molar-refractivity contribution in [2.24, 2.45) is 0 Å². The molecule has 0 N–H and O–H groups in total. The second kappa shape index (κ2) is 3.27. The molecule has 0 radical (unpaired) electrons. The highest BCUT2D eigenvalue weighted by atomic mass is 79.9. The van der Waals surface area contributed by atoms with Crippen LogP contribution in [-0.2, 0) is 9.47 Å². The fraction of sp³-hybridized carbons (Fsp3) is 0.800. The van der Waals surface area contributed by atoms with E-state index in [0.717, 1.165) is 38.9 Å². The van der Waals surface area contributed by atoms with Crippen molar-refractivity contribution in [1.29, 1.82) is 0 Å². The van der Waals surface area contributed by atoms with Crippen LogP contribution in [0.4, 0.5) is 0 Å². The van der Waals surface area contributed by atoms with Crippen LogP contribution >= 0.6 is 15.9 Å². The molecule has 0 amide bonds. The van der Waals surface area contributed by atoms with E-state index in [1.807, 2.05) is 0 Å². The third-order valence-electron chi connectivity index (χ3n) is 2.88. The average Bonchev–Trinajstić information content (AvgIpc) is 2.61. The van der Waals surface area contributed by atoms with Crippen LogP contribution < -0.4 is 0 Å². The van der Waals surface area contributed by atoms with E-state index >= 15 is 0 Å². The lowest BCUT2D eigenvalue weighted by Gasteiger charge is -2.37. The van der Waals surface area contributed by atoms with E-state index < -0.39 is 0 Å². The molecule has 1 heterocycles. The van der Waals surface area contributed by atoms with Gasteiger partial charge in [-0.15, -0.1) is 6.42 Å². The molecule has 0 unspecified atom stereocenters. The number of hydrogen-bond acceptors (Lipinski definition) is 2. The first kappa shape index (κ1) is 9.51. The Hall–Kier alpha value is -0.0400. The van der Waals surface area contributed by atoms with Crippen molar-refractivity contribution in [3.63, 3.8) is 0 Å². The molecule has 1 aliphatic carbocycles. The first-order valence-corrected chi connectivity index (χ1v) is 5.42. The van der Waals surface area contributed by atoms with E-state index in [4.69, 9.17) is 15.9 Å². The molecule has 1 aliphatic heterocycles. The van der Waals surface area contributed by atoms with Crippen LogP contribution in [0.5, 0.6) is 0 Å². The van der Waals surface area contributed by atoms with Crippen molar-refractivity contribution in [3.8, 4) is 12.3 Å². The number of rotatable bonds is 0. The molecule has 0 aromatic carbocycles. The van der Waals surface area contributed by atoms with E-state index in [0.29, 0.717) is 0 Å². The average molecular weight is 245 g/mol. The molecule has 2 fully saturated rings. The van der Waals surface area contributed by atoms with Gasteiger partial charge in [-0.2, -0.15) is 0 Å². The summed E-state index contributed by atoms with van der Waals surface area (Å²) < 4.78 is 11.1. The number of alkyl halides is 1. The van der Waals surface area contributed by atoms with E-state index in [1.54, 1.807) is 0 Å². The highest BCUT2D eigenvalue weighted by Crippen LogP contribution is 2.43. The minimum Gasteiger partial charge on any atom is -0.348 e. The summed E-state index contributed by atoms with van der Waals surface area (Å²) in [5.74, 6) is 2.49. The lowest BCUT2D eigenvalue weighted by molar-refractivity contribution is -0.177. The van der Waals surface area contributed by atoms with Gasteiger partial charge in [-0.1, -0.05) is 21.9 Å². The summed E-state index contributed by atoms with van der Waals surface area (Å²) in [5, 5.41) is 0. The maximum absolute atomic E-state index is 5.61. The van der Waals surface area contributed by atoms with Crippen LogP contribution in [-0.4, -0.2) is 23.3 Å². The van der Waals surface area contributed by atoms with Crippen LogP contribution in [0.1, 0.15) is 25.7 Å². The summed E-state index contributed by atoms with van der Waals surface area (Å²) in [6, 6.07) is 0. The maximum Gasteiger partial charge on any atom is 0.168 e. The van der Waals surface area contributed by atoms with Crippen molar-refractivity contribution < 1.29 is 9.47 Å². The topological polar surface area (TPSA) is 18.5 Å². The molecule has 3 heteroatoms. The molecule has 0 aromatic rings. The Kier molecular flexibility index (Phi) is 2.39. The number of halogens is 1. The molecule has 0 aromatic heterocycles. The summed E-state index contributed by atoms with van der Waals surface area (Å²) >= 11 is 3.58. The quantitative estimate of drug-likeness (QED) is 0.480. The Morgan fingerprint density at radius 3 is 2.08 bits per heavy atom. The molecule has 1 saturated heterocycles. The van der Waals surface area contributed by atoms with E-state index in [-0.39, 0.29) is 10.1 Å². The third-order valence-corrected chi connectivity index (χ3v) is 3.90. The first-order valence-electron chi connectivity index (χ1n) is 4.63. The normalized spacial score (nSPS) is 30.2. The van der Waals surface area contributed by atoms with Crippen molar-refractivity contribution >= 4 is 15.9 Å². The van der Waals surface area contributed by atoms with Crippen molar-refractivity contribution in [3.05, 3.63) is 0 Å². The molecule has 1 spiro atoms. The second-order valence-electron chi connectivity index (χ2n) is 3.72. The fourth-order valence-electron chi connectivity index (χ4n) is 1.96. The van der Waals surface area contributed by atoms with Crippen LogP contribution in [0.3, 0.4) is 0 Å². The van der Waals surface area contributed by atoms with Crippen molar-refractivity contribution in [2.75, 3.05) is 13.2 Å². The van der Waals surface area contributed by atoms with Crippen LogP contribution in [0.2, 0.25) is 0 Å². The van der Waals surface area contributed by atoms with E-state index in [1.165, 1.54) is 0 Å². The first-order chi connectivity index (χ1) is 6.18. The van der Waals surface area contributed by atoms with Gasteiger partial charge in [0.05, 0.1) is 17.5 Å². The Bertz CT molecular complexity index is 228. The third kappa shape index (κ3) is 1.76. The summed E-state index contributed by atoms with van der Waals surface area (Å²) in [6.45, 7) is 1.46. The van der Waals surface area contributed by atoms with E-state index in [2.05, 4.69) is 21.9 Å². The smallest absolute Gasteiger partial charge is 0.168 e. The fourth-order valence-corrected chi connectivity index (χ4v) is 2.35. The predicted octanol–water partition coefficient (Wildman–Crippen LogP) is 2.07. The highest BCUT2D eigenvalue weighted by Gasteiger charge is 2.44. The molecule has 13 heavy (non-hydrogen) atoms. The lowest BCUT2D eigenvalue weighted by atomic mass is 9.85. The number of hydrogen-bond donors (Lipinski definition) is 0. The summed E-state index contributed by atoms with van der Waals surface area (Å²) in [7, 11) is 0. The minimum absolute atomic E-state index is 0.117. The van der Waals surface area contributed by atoms with Crippen LogP contribution in [0, 0.1) is 12.3 Å². The zero-order valence-corrected chi connectivity index (χ0v) is 9.10. The molecular formula is C10H13BrO2. The van der Waals surface area contributed by atoms with Gasteiger partial charge >= 0.3 is 0 Å². The number of ether oxygens (including phenoxy) is 2. The van der Waals surface area contributed by atoms with Gasteiger partial charge in [0.2, 0.25) is 0 Å². The lowest BCUT2D eigenvalue weighted by Crippen LogP contribution is -2.39. The zero-order valence-electron chi connectivity index (χ0n) is 7.51. The van der Waals surface area contributed by atoms with Gasteiger partial charge in [0.15, 0.2) is 5.79 Å². The summed E-state index contributed by atoms with van der Waals surface area (Å²) in [4.78, 5) is 0. The van der Waals surface area contributed by atoms with Gasteiger partial charge in [0.1, 0.15) is 0 Å². The standard InChI is InChI=1S/C10H13BrO2/c1-2-9(11)3-5-10(6-4-9)12-7-8-13-10/h1H,3-8H2. The van der Waals surface area contributed by atoms with Crippen molar-refractivity contribution in [2.45, 2.75) is 35.8 Å². The SMILES string of the molecule is C#CC1(Br)CCC2(CC1)OCCO2. The highest BCUT2D eigenvalue weighted by molar-refractivity contribution is 9.10. The van der Waals surface area contributed by atoms with Gasteiger partial charge < -0.3 is 9.47 Å². The molecule has 72 valence electrons. The van der Waals surface area contributed by atoms with Crippen LogP contribution in [0.25, 0.3) is 0 Å². The van der Waals surface area contributed by atoms with Gasteiger partial charge in [-0.3, -0.25) is 0 Å². The second-order valence-corrected chi connectivity index (χ2v) is 5.24. The largest absolute Gasteiger partial charge is 0.348 e. The molecule has 2 rings (SSSR count). The Morgan fingerprint density at radius 1 is 1.08 bits per heavy atom. The molecule has 0 atom stereocenters. The molecular weight excluding hydrogens is 232 g/mol. The van der Waals surface area contributed by atoms with Gasteiger partial charge in [-0.25, -0.2) is 0 Å². The van der Waals surface area contributed by atoms with Gasteiger partial charge in [-0.05, 0) is 12.8 Å². The van der Waals surface area contributed by atoms with E-state index in [9.17, 15) is 0 Å².